The van der Waals surface area contributed by atoms with Crippen LogP contribution < -0.4 is 0 Å². The highest BCUT2D eigenvalue weighted by molar-refractivity contribution is 4.97. The van der Waals surface area contributed by atoms with Crippen LogP contribution in [-0.4, -0.2) is 223 Å². The molecule has 0 radical (unpaired) electrons. The van der Waals surface area contributed by atoms with Crippen molar-refractivity contribution in [3.63, 3.8) is 0 Å². The monoisotopic (exact) mass is 680 g/mol. The lowest BCUT2D eigenvalue weighted by atomic mass is 9.96. The Morgan fingerprint density at radius 1 is 0.370 bits per heavy atom. The second-order valence-corrected chi connectivity index (χ2v) is 11.4. The van der Waals surface area contributed by atoms with Crippen LogP contribution in [0.25, 0.3) is 0 Å². The maximum absolute atomic E-state index is 11.2. The van der Waals surface area contributed by atoms with Crippen molar-refractivity contribution in [2.75, 3.05) is 33.5 Å². The van der Waals surface area contributed by atoms with E-state index in [0.717, 1.165) is 7.11 Å². The van der Waals surface area contributed by atoms with Crippen LogP contribution in [-0.2, 0) is 37.9 Å². The van der Waals surface area contributed by atoms with Gasteiger partial charge >= 0.3 is 0 Å². The molecule has 0 aromatic rings. The number of aliphatic hydroxyl groups excluding tert-OH is 13. The number of hydrogen-bond donors (Lipinski definition) is 13. The molecular weight excluding hydrogens is 636 g/mol. The largest absolute Gasteiger partial charge is 0.394 e. The molecule has 13 N–H and O–H groups in total. The molecule has 4 aliphatic heterocycles. The molecule has 0 unspecified atom stereocenters. The van der Waals surface area contributed by atoms with Crippen LogP contribution >= 0.6 is 0 Å². The lowest BCUT2D eigenvalue weighted by molar-refractivity contribution is -0.400. The van der Waals surface area contributed by atoms with Crippen molar-refractivity contribution in [2.24, 2.45) is 0 Å². The van der Waals surface area contributed by atoms with Crippen molar-refractivity contribution in [1.29, 1.82) is 0 Å². The molecule has 0 aliphatic carbocycles. The van der Waals surface area contributed by atoms with Gasteiger partial charge in [0.15, 0.2) is 25.2 Å². The van der Waals surface area contributed by atoms with Gasteiger partial charge in [0.1, 0.15) is 97.7 Å². The zero-order chi connectivity index (χ0) is 34.0. The maximum atomic E-state index is 11.2. The van der Waals surface area contributed by atoms with Gasteiger partial charge in [0.25, 0.3) is 0 Å². The summed E-state index contributed by atoms with van der Waals surface area (Å²) in [6.07, 6.45) is -34.8. The third-order valence-corrected chi connectivity index (χ3v) is 8.43. The fourth-order valence-corrected chi connectivity index (χ4v) is 5.67. The van der Waals surface area contributed by atoms with Gasteiger partial charge in [-0.2, -0.15) is 0 Å². The molecular formula is C25H44O21. The van der Waals surface area contributed by atoms with Crippen molar-refractivity contribution in [3.8, 4) is 0 Å². The summed E-state index contributed by atoms with van der Waals surface area (Å²) in [5.74, 6) is 0. The first-order valence-corrected chi connectivity index (χ1v) is 14.5. The van der Waals surface area contributed by atoms with Crippen molar-refractivity contribution >= 4 is 0 Å². The van der Waals surface area contributed by atoms with Crippen LogP contribution in [0.1, 0.15) is 0 Å². The predicted molar refractivity (Wildman–Crippen MR) is 139 cm³/mol. The average molecular weight is 681 g/mol. The smallest absolute Gasteiger partial charge is 0.187 e. The number of rotatable bonds is 11. The van der Waals surface area contributed by atoms with E-state index >= 15 is 0 Å². The minimum atomic E-state index is -2.05. The summed E-state index contributed by atoms with van der Waals surface area (Å²) in [6, 6.07) is 0. The van der Waals surface area contributed by atoms with E-state index in [2.05, 4.69) is 0 Å². The minimum Gasteiger partial charge on any atom is -0.394 e. The maximum Gasteiger partial charge on any atom is 0.187 e. The Balaban J connectivity index is 1.57. The molecule has 270 valence electrons. The molecule has 4 rings (SSSR count). The second kappa shape index (κ2) is 16.2. The summed E-state index contributed by atoms with van der Waals surface area (Å²) in [5, 5.41) is 134. The number of ether oxygens (including phenoxy) is 8. The number of aliphatic hydroxyl groups is 13. The molecule has 4 heterocycles. The van der Waals surface area contributed by atoms with Crippen molar-refractivity contribution in [2.45, 2.75) is 123 Å². The third-order valence-electron chi connectivity index (χ3n) is 8.43. The van der Waals surface area contributed by atoms with Gasteiger partial charge < -0.3 is 104 Å². The van der Waals surface area contributed by atoms with Crippen molar-refractivity contribution in [1.82, 2.24) is 0 Å². The van der Waals surface area contributed by atoms with Gasteiger partial charge in [-0.25, -0.2) is 0 Å². The molecule has 0 bridgehead atoms. The standard InChI is InChI=1S/C25H44O21/c1-39-24-20(15(35)11(31)7(3-27)42-24)46-25-21(16(36)12(32)8(4-28)43-25)45-23-18(38)19(13(33)9(5-29)41-23)44-22-17(37)14(34)10(30)6(2-26)40-22/h6-38H,2-5H2,1H3/t6-,7-,8-,9-,10-,11-,12-,13-,14+,15+,16+,17-,18+,19+,20+,21+,22-,23-,24+,25-/m1/s1. The Kier molecular flexibility index (Phi) is 13.4. The van der Waals surface area contributed by atoms with E-state index in [1.165, 1.54) is 0 Å². The van der Waals surface area contributed by atoms with E-state index in [-0.39, 0.29) is 0 Å². The Labute approximate surface area is 261 Å². The predicted octanol–water partition coefficient (Wildman–Crippen LogP) is -9.09. The highest BCUT2D eigenvalue weighted by Gasteiger charge is 2.55. The lowest BCUT2D eigenvalue weighted by Gasteiger charge is -2.49. The zero-order valence-corrected chi connectivity index (χ0v) is 24.5. The van der Waals surface area contributed by atoms with Gasteiger partial charge in [-0.1, -0.05) is 0 Å². The molecule has 21 heteroatoms. The first kappa shape index (κ1) is 38.0. The van der Waals surface area contributed by atoms with Crippen LogP contribution in [0.4, 0.5) is 0 Å². The third kappa shape index (κ3) is 7.50. The van der Waals surface area contributed by atoms with E-state index in [0.29, 0.717) is 0 Å². The Morgan fingerprint density at radius 3 is 1.20 bits per heavy atom. The lowest BCUT2D eigenvalue weighted by Crippen LogP contribution is -2.68. The minimum absolute atomic E-state index is 0.699. The molecule has 0 aromatic carbocycles. The SMILES string of the molecule is CO[C@H]1O[C@H](CO)[C@@H](O)[C@H](O)[C@@H]1O[C@H]1O[C@H](CO)[C@@H](O)[C@H](O)[C@@H]1O[C@H]1O[C@H](CO)[C@@H](O)[C@H](O[C@H]2O[C@H](CO)[C@@H](O)[C@H](O)[C@H]2O)[C@@H]1O. The first-order chi connectivity index (χ1) is 21.8. The molecule has 4 saturated heterocycles. The quantitative estimate of drug-likeness (QED) is 0.0963. The topological polar surface area (TPSA) is 337 Å². The molecule has 21 nitrogen and oxygen atoms in total. The summed E-state index contributed by atoms with van der Waals surface area (Å²) in [5.41, 5.74) is 0. The second-order valence-electron chi connectivity index (χ2n) is 11.4. The first-order valence-electron chi connectivity index (χ1n) is 14.5. The van der Waals surface area contributed by atoms with Crippen LogP contribution in [0.3, 0.4) is 0 Å². The number of hydrogen-bond acceptors (Lipinski definition) is 21. The van der Waals surface area contributed by atoms with Crippen LogP contribution in [0.5, 0.6) is 0 Å². The Hall–Kier alpha value is -0.840. The summed E-state index contributed by atoms with van der Waals surface area (Å²) in [4.78, 5) is 0. The van der Waals surface area contributed by atoms with Crippen LogP contribution in [0.15, 0.2) is 0 Å². The summed E-state index contributed by atoms with van der Waals surface area (Å²) in [6.45, 7) is -3.25. The normalized spacial score (nSPS) is 52.0. The molecule has 0 spiro atoms. The molecule has 4 aliphatic rings. The summed E-state index contributed by atoms with van der Waals surface area (Å²) < 4.78 is 43.9. The van der Waals surface area contributed by atoms with Crippen LogP contribution in [0, 0.1) is 0 Å². The molecule has 20 atom stereocenters. The van der Waals surface area contributed by atoms with Crippen molar-refractivity contribution in [3.05, 3.63) is 0 Å². The highest BCUT2D eigenvalue weighted by atomic mass is 16.8. The molecule has 46 heavy (non-hydrogen) atoms. The zero-order valence-electron chi connectivity index (χ0n) is 24.5. The van der Waals surface area contributed by atoms with Gasteiger partial charge in [0.2, 0.25) is 0 Å². The van der Waals surface area contributed by atoms with Crippen molar-refractivity contribution < 1.29 is 104 Å². The summed E-state index contributed by atoms with van der Waals surface area (Å²) >= 11 is 0. The van der Waals surface area contributed by atoms with Gasteiger partial charge in [0, 0.05) is 7.11 Å². The Bertz CT molecular complexity index is 930. The summed E-state index contributed by atoms with van der Waals surface area (Å²) in [7, 11) is 1.16. The molecule has 0 aromatic heterocycles. The van der Waals surface area contributed by atoms with Gasteiger partial charge in [-0.3, -0.25) is 0 Å². The van der Waals surface area contributed by atoms with Gasteiger partial charge in [-0.15, -0.1) is 0 Å². The van der Waals surface area contributed by atoms with Crippen LogP contribution in [0.2, 0.25) is 0 Å². The average Bonchev–Trinajstić information content (AvgIpc) is 3.05. The fourth-order valence-electron chi connectivity index (χ4n) is 5.67. The fraction of sp³-hybridized carbons (Fsp3) is 1.00. The Morgan fingerprint density at radius 2 is 0.717 bits per heavy atom. The van der Waals surface area contributed by atoms with E-state index in [4.69, 9.17) is 37.9 Å². The van der Waals surface area contributed by atoms with E-state index in [1.54, 1.807) is 0 Å². The van der Waals surface area contributed by atoms with Gasteiger partial charge in [0.05, 0.1) is 26.4 Å². The van der Waals surface area contributed by atoms with E-state index < -0.39 is 149 Å². The molecule has 4 fully saturated rings. The van der Waals surface area contributed by atoms with E-state index in [1.807, 2.05) is 0 Å². The van der Waals surface area contributed by atoms with Gasteiger partial charge in [-0.05, 0) is 0 Å². The molecule has 0 amide bonds. The van der Waals surface area contributed by atoms with E-state index in [9.17, 15) is 66.4 Å². The highest BCUT2D eigenvalue weighted by Crippen LogP contribution is 2.34. The molecule has 0 saturated carbocycles. The number of methoxy groups -OCH3 is 1.